The molecule has 0 saturated carbocycles. The monoisotopic (exact) mass is 471 g/mol. The van der Waals surface area contributed by atoms with Gasteiger partial charge in [-0.2, -0.15) is 9.40 Å². The van der Waals surface area contributed by atoms with Crippen LogP contribution in [0.3, 0.4) is 0 Å². The van der Waals surface area contributed by atoms with E-state index in [9.17, 15) is 13.2 Å². The Kier molecular flexibility index (Phi) is 6.40. The molecule has 0 aliphatic carbocycles. The van der Waals surface area contributed by atoms with Gasteiger partial charge in [-0.05, 0) is 52.7 Å². The zero-order valence-electron chi connectivity index (χ0n) is 19.3. The third kappa shape index (κ3) is 4.45. The Hall–Kier alpha value is -2.98. The van der Waals surface area contributed by atoms with Gasteiger partial charge < -0.3 is 9.84 Å². The molecule has 1 fully saturated rings. The van der Waals surface area contributed by atoms with Crippen LogP contribution in [0.25, 0.3) is 5.69 Å². The van der Waals surface area contributed by atoms with Crippen LogP contribution in [0.1, 0.15) is 41.2 Å². The van der Waals surface area contributed by atoms with Crippen LogP contribution >= 0.6 is 0 Å². The highest BCUT2D eigenvalue weighted by Gasteiger charge is 2.36. The van der Waals surface area contributed by atoms with Gasteiger partial charge in [-0.25, -0.2) is 13.1 Å². The summed E-state index contributed by atoms with van der Waals surface area (Å²) >= 11 is 0. The molecule has 1 atom stereocenters. The molecule has 0 radical (unpaired) electrons. The van der Waals surface area contributed by atoms with Crippen LogP contribution in [0.2, 0.25) is 0 Å². The van der Waals surface area contributed by atoms with E-state index in [-0.39, 0.29) is 23.1 Å². The number of amides is 1. The zero-order chi connectivity index (χ0) is 23.8. The molecule has 3 heterocycles. The van der Waals surface area contributed by atoms with Crippen molar-refractivity contribution in [1.29, 1.82) is 0 Å². The lowest BCUT2D eigenvalue weighted by Gasteiger charge is -2.31. The van der Waals surface area contributed by atoms with Crippen LogP contribution in [-0.4, -0.2) is 46.7 Å². The lowest BCUT2D eigenvalue weighted by atomic mass is 9.98. The van der Waals surface area contributed by atoms with Gasteiger partial charge in [0.25, 0.3) is 0 Å². The summed E-state index contributed by atoms with van der Waals surface area (Å²) in [5.41, 5.74) is 4.07. The Morgan fingerprint density at radius 3 is 2.55 bits per heavy atom. The van der Waals surface area contributed by atoms with Crippen molar-refractivity contribution >= 4 is 15.9 Å². The topological polar surface area (TPSA) is 110 Å². The molecule has 4 rings (SSSR count). The van der Waals surface area contributed by atoms with Gasteiger partial charge in [-0.3, -0.25) is 4.79 Å². The lowest BCUT2D eigenvalue weighted by Crippen LogP contribution is -2.45. The number of aromatic nitrogens is 3. The largest absolute Gasteiger partial charge is 0.360 e. The second-order valence-electron chi connectivity index (χ2n) is 8.47. The van der Waals surface area contributed by atoms with E-state index in [1.165, 1.54) is 4.31 Å². The average Bonchev–Trinajstić information content (AvgIpc) is 3.30. The average molecular weight is 472 g/mol. The van der Waals surface area contributed by atoms with E-state index in [1.54, 1.807) is 13.8 Å². The Morgan fingerprint density at radius 2 is 1.88 bits per heavy atom. The zero-order valence-corrected chi connectivity index (χ0v) is 20.1. The van der Waals surface area contributed by atoms with Crippen molar-refractivity contribution in [3.8, 4) is 5.69 Å². The molecule has 176 valence electrons. The number of carbonyl (C=O) groups excluding carboxylic acids is 1. The molecule has 10 heteroatoms. The second-order valence-corrected chi connectivity index (χ2v) is 10.3. The van der Waals surface area contributed by atoms with Crippen LogP contribution in [0, 0.1) is 33.6 Å². The van der Waals surface area contributed by atoms with Crippen molar-refractivity contribution in [1.82, 2.24) is 24.6 Å². The van der Waals surface area contributed by atoms with Crippen molar-refractivity contribution < 1.29 is 17.7 Å². The Bertz CT molecular complexity index is 1240. The van der Waals surface area contributed by atoms with Crippen molar-refractivity contribution in [2.24, 2.45) is 5.92 Å². The fraction of sp³-hybridized carbons (Fsp3) is 0.435. The third-order valence-electron chi connectivity index (χ3n) is 6.20. The summed E-state index contributed by atoms with van der Waals surface area (Å²) in [5.74, 6) is -0.306. The molecule has 1 N–H and O–H groups in total. The van der Waals surface area contributed by atoms with Gasteiger partial charge in [0.1, 0.15) is 10.6 Å². The van der Waals surface area contributed by atoms with Crippen LogP contribution < -0.4 is 5.32 Å². The number of hydrogen-bond acceptors (Lipinski definition) is 6. The number of para-hydroxylation sites is 1. The maximum Gasteiger partial charge on any atom is 0.248 e. The Balaban J connectivity index is 1.45. The number of nitrogens with one attached hydrogen (secondary N) is 1. The molecular weight excluding hydrogens is 442 g/mol. The smallest absolute Gasteiger partial charge is 0.248 e. The van der Waals surface area contributed by atoms with Crippen LogP contribution in [-0.2, 0) is 21.4 Å². The van der Waals surface area contributed by atoms with Gasteiger partial charge >= 0.3 is 0 Å². The summed E-state index contributed by atoms with van der Waals surface area (Å²) in [6, 6.07) is 9.84. The predicted molar refractivity (Wildman–Crippen MR) is 122 cm³/mol. The molecule has 1 aromatic carbocycles. The van der Waals surface area contributed by atoms with Gasteiger partial charge in [0.05, 0.1) is 17.3 Å². The summed E-state index contributed by atoms with van der Waals surface area (Å²) < 4.78 is 34.6. The highest BCUT2D eigenvalue weighted by molar-refractivity contribution is 7.89. The maximum atomic E-state index is 13.1. The van der Waals surface area contributed by atoms with E-state index >= 15 is 0 Å². The minimum absolute atomic E-state index is 0.100. The summed E-state index contributed by atoms with van der Waals surface area (Å²) in [6.45, 7) is 7.95. The third-order valence-corrected chi connectivity index (χ3v) is 8.31. The number of sulfonamides is 1. The van der Waals surface area contributed by atoms with E-state index in [0.717, 1.165) is 22.6 Å². The number of piperidine rings is 1. The summed E-state index contributed by atoms with van der Waals surface area (Å²) in [7, 11) is -3.77. The fourth-order valence-corrected chi connectivity index (χ4v) is 6.23. The summed E-state index contributed by atoms with van der Waals surface area (Å²) in [5, 5.41) is 11.4. The molecule has 1 saturated heterocycles. The van der Waals surface area contributed by atoms with E-state index < -0.39 is 15.9 Å². The molecule has 0 bridgehead atoms. The molecule has 1 aliphatic heterocycles. The highest BCUT2D eigenvalue weighted by atomic mass is 32.2. The summed E-state index contributed by atoms with van der Waals surface area (Å²) in [6.07, 6.45) is 1.26. The van der Waals surface area contributed by atoms with Crippen molar-refractivity contribution in [3.05, 3.63) is 58.7 Å². The molecule has 33 heavy (non-hydrogen) atoms. The van der Waals surface area contributed by atoms with Crippen LogP contribution in [0.4, 0.5) is 0 Å². The van der Waals surface area contributed by atoms with E-state index in [4.69, 9.17) is 4.52 Å². The van der Waals surface area contributed by atoms with Crippen molar-refractivity contribution in [3.63, 3.8) is 0 Å². The number of rotatable bonds is 6. The summed E-state index contributed by atoms with van der Waals surface area (Å²) in [4.78, 5) is 13.1. The van der Waals surface area contributed by atoms with Gasteiger partial charge in [0.2, 0.25) is 15.9 Å². The molecule has 9 nitrogen and oxygen atoms in total. The molecule has 2 aromatic heterocycles. The van der Waals surface area contributed by atoms with E-state index in [2.05, 4.69) is 15.6 Å². The quantitative estimate of drug-likeness (QED) is 0.592. The first-order chi connectivity index (χ1) is 15.7. The van der Waals surface area contributed by atoms with Crippen LogP contribution in [0.15, 0.2) is 39.8 Å². The van der Waals surface area contributed by atoms with Crippen molar-refractivity contribution in [2.45, 2.75) is 52.0 Å². The molecule has 0 spiro atoms. The maximum absolute atomic E-state index is 13.1. The number of aryl methyl sites for hydroxylation is 3. The number of nitrogens with zero attached hydrogens (tertiary/aromatic N) is 4. The van der Waals surface area contributed by atoms with Crippen LogP contribution in [0.5, 0.6) is 0 Å². The predicted octanol–water partition coefficient (Wildman–Crippen LogP) is 2.81. The first kappa shape index (κ1) is 23.2. The number of benzene rings is 1. The Labute approximate surface area is 193 Å². The number of carbonyl (C=O) groups is 1. The second kappa shape index (κ2) is 9.11. The Morgan fingerprint density at radius 1 is 1.15 bits per heavy atom. The fourth-order valence-electron chi connectivity index (χ4n) is 4.42. The molecule has 1 amide bonds. The minimum atomic E-state index is -3.77. The van der Waals surface area contributed by atoms with Gasteiger partial charge in [-0.1, -0.05) is 23.4 Å². The van der Waals surface area contributed by atoms with Gasteiger partial charge in [0.15, 0.2) is 5.76 Å². The van der Waals surface area contributed by atoms with E-state index in [0.29, 0.717) is 31.6 Å². The van der Waals surface area contributed by atoms with E-state index in [1.807, 2.05) is 48.9 Å². The van der Waals surface area contributed by atoms with Gasteiger partial charge in [-0.15, -0.1) is 0 Å². The molecule has 3 aromatic rings. The lowest BCUT2D eigenvalue weighted by molar-refractivity contribution is -0.126. The molecular formula is C23H29N5O4S. The molecule has 1 aliphatic rings. The first-order valence-electron chi connectivity index (χ1n) is 11.0. The minimum Gasteiger partial charge on any atom is -0.360 e. The van der Waals surface area contributed by atoms with Crippen molar-refractivity contribution in [2.75, 3.05) is 13.1 Å². The normalized spacial score (nSPS) is 17.3. The SMILES string of the molecule is Cc1nn(-c2ccccc2)c(C)c1CNC(=O)C1CCCN(S(=O)(=O)c2c(C)noc2C)C1. The highest BCUT2D eigenvalue weighted by Crippen LogP contribution is 2.28. The molecule has 1 unspecified atom stereocenters. The standard InChI is InChI=1S/C23H29N5O4S/c1-15-21(17(3)28(25-15)20-10-6-5-7-11-20)13-24-23(29)19-9-8-12-27(14-19)33(30,31)22-16(2)26-32-18(22)4/h5-7,10-11,19H,8-9,12-14H2,1-4H3,(H,24,29). The first-order valence-corrected chi connectivity index (χ1v) is 12.5. The van der Waals surface area contributed by atoms with Gasteiger partial charge in [0, 0.05) is 30.9 Å². The number of hydrogen-bond donors (Lipinski definition) is 1.